The standard InChI is InChI=1S/C6H16N4/c1-10(2)5(4-7)3-6(8)9/h4,6H,3,7-9H2,1-2H3/b5-4+. The van der Waals surface area contributed by atoms with Gasteiger partial charge in [-0.1, -0.05) is 0 Å². The minimum absolute atomic E-state index is 0.322. The smallest absolute Gasteiger partial charge is 0.0577 e. The summed E-state index contributed by atoms with van der Waals surface area (Å²) in [5, 5.41) is 0. The first-order valence-corrected chi connectivity index (χ1v) is 3.17. The summed E-state index contributed by atoms with van der Waals surface area (Å²) in [7, 11) is 3.81. The molecule has 10 heavy (non-hydrogen) atoms. The predicted octanol–water partition coefficient (Wildman–Crippen LogP) is -1.02. The van der Waals surface area contributed by atoms with E-state index in [2.05, 4.69) is 0 Å². The lowest BCUT2D eigenvalue weighted by molar-refractivity contribution is 0.465. The molecule has 0 atom stereocenters. The van der Waals surface area contributed by atoms with Crippen LogP contribution in [0, 0.1) is 0 Å². The van der Waals surface area contributed by atoms with Crippen LogP contribution in [-0.2, 0) is 0 Å². The number of hydrogen-bond acceptors (Lipinski definition) is 4. The van der Waals surface area contributed by atoms with Crippen LogP contribution in [0.2, 0.25) is 0 Å². The van der Waals surface area contributed by atoms with Crippen molar-refractivity contribution in [3.05, 3.63) is 11.9 Å². The van der Waals surface area contributed by atoms with Crippen molar-refractivity contribution in [2.45, 2.75) is 12.6 Å². The normalized spacial score (nSPS) is 12.3. The Kier molecular flexibility index (Phi) is 3.83. The Morgan fingerprint density at radius 2 is 2.00 bits per heavy atom. The number of nitrogens with zero attached hydrogens (tertiary/aromatic N) is 1. The van der Waals surface area contributed by atoms with Crippen molar-refractivity contribution < 1.29 is 0 Å². The van der Waals surface area contributed by atoms with Crippen LogP contribution in [0.5, 0.6) is 0 Å². The summed E-state index contributed by atoms with van der Waals surface area (Å²) in [6.45, 7) is 0. The lowest BCUT2D eigenvalue weighted by atomic mass is 10.2. The van der Waals surface area contributed by atoms with E-state index in [1.54, 1.807) is 0 Å². The van der Waals surface area contributed by atoms with Crippen molar-refractivity contribution in [3.8, 4) is 0 Å². The highest BCUT2D eigenvalue weighted by atomic mass is 15.1. The summed E-state index contributed by atoms with van der Waals surface area (Å²) in [6.07, 6.45) is 1.81. The fraction of sp³-hybridized carbons (Fsp3) is 0.667. The Balaban J connectivity index is 3.86. The summed E-state index contributed by atoms with van der Waals surface area (Å²) >= 11 is 0. The maximum absolute atomic E-state index is 5.36. The Hall–Kier alpha value is -0.740. The van der Waals surface area contributed by atoms with Crippen molar-refractivity contribution in [1.82, 2.24) is 4.90 Å². The van der Waals surface area contributed by atoms with Gasteiger partial charge in [0.25, 0.3) is 0 Å². The second-order valence-electron chi connectivity index (χ2n) is 2.42. The van der Waals surface area contributed by atoms with E-state index in [1.807, 2.05) is 19.0 Å². The van der Waals surface area contributed by atoms with Gasteiger partial charge in [0.1, 0.15) is 0 Å². The molecule has 4 nitrogen and oxygen atoms in total. The number of rotatable bonds is 3. The third-order valence-electron chi connectivity index (χ3n) is 1.21. The third-order valence-corrected chi connectivity index (χ3v) is 1.21. The van der Waals surface area contributed by atoms with Crippen molar-refractivity contribution in [1.29, 1.82) is 0 Å². The van der Waals surface area contributed by atoms with Crippen LogP contribution in [0.25, 0.3) is 0 Å². The van der Waals surface area contributed by atoms with Crippen LogP contribution in [0.4, 0.5) is 0 Å². The first-order valence-electron chi connectivity index (χ1n) is 3.17. The molecule has 0 saturated carbocycles. The zero-order valence-corrected chi connectivity index (χ0v) is 6.54. The average molecular weight is 144 g/mol. The molecule has 4 heteroatoms. The second kappa shape index (κ2) is 4.14. The maximum Gasteiger partial charge on any atom is 0.0577 e. The number of hydrogen-bond donors (Lipinski definition) is 3. The SMILES string of the molecule is CN(C)/C(=C/N)CC(N)N. The molecule has 0 saturated heterocycles. The van der Waals surface area contributed by atoms with E-state index in [0.717, 1.165) is 5.70 Å². The van der Waals surface area contributed by atoms with Crippen LogP contribution >= 0.6 is 0 Å². The molecule has 0 aromatic carbocycles. The Bertz CT molecular complexity index is 117. The molecule has 0 fully saturated rings. The predicted molar refractivity (Wildman–Crippen MR) is 42.7 cm³/mol. The van der Waals surface area contributed by atoms with Gasteiger partial charge >= 0.3 is 0 Å². The van der Waals surface area contributed by atoms with Gasteiger partial charge in [0, 0.05) is 32.4 Å². The van der Waals surface area contributed by atoms with Gasteiger partial charge in [-0.05, 0) is 0 Å². The molecule has 6 N–H and O–H groups in total. The lowest BCUT2D eigenvalue weighted by Gasteiger charge is -2.17. The molecule has 0 aromatic rings. The first-order chi connectivity index (χ1) is 4.57. The molecule has 0 aliphatic rings. The van der Waals surface area contributed by atoms with Crippen molar-refractivity contribution in [3.63, 3.8) is 0 Å². The van der Waals surface area contributed by atoms with E-state index >= 15 is 0 Å². The Labute approximate surface area is 61.7 Å². The van der Waals surface area contributed by atoms with Crippen LogP contribution in [0.1, 0.15) is 6.42 Å². The van der Waals surface area contributed by atoms with Gasteiger partial charge < -0.3 is 22.1 Å². The highest BCUT2D eigenvalue weighted by Gasteiger charge is 2.01. The van der Waals surface area contributed by atoms with Crippen molar-refractivity contribution in [2.75, 3.05) is 14.1 Å². The van der Waals surface area contributed by atoms with Crippen LogP contribution in [0.3, 0.4) is 0 Å². The minimum atomic E-state index is -0.322. The molecule has 0 heterocycles. The van der Waals surface area contributed by atoms with E-state index in [9.17, 15) is 0 Å². The molecule has 0 spiro atoms. The number of nitrogens with two attached hydrogens (primary N) is 3. The van der Waals surface area contributed by atoms with Crippen LogP contribution < -0.4 is 17.2 Å². The molecule has 0 aromatic heterocycles. The summed E-state index contributed by atoms with van der Waals surface area (Å²) in [5.41, 5.74) is 17.0. The zero-order chi connectivity index (χ0) is 8.15. The lowest BCUT2D eigenvalue weighted by Crippen LogP contribution is -2.33. The molecule has 0 aliphatic heterocycles. The summed E-state index contributed by atoms with van der Waals surface area (Å²) in [5.74, 6) is 0. The quantitative estimate of drug-likeness (QED) is 0.443. The van der Waals surface area contributed by atoms with Crippen LogP contribution in [-0.4, -0.2) is 25.2 Å². The summed E-state index contributed by atoms with van der Waals surface area (Å²) < 4.78 is 0. The third kappa shape index (κ3) is 3.32. The molecular formula is C6H16N4. The monoisotopic (exact) mass is 144 g/mol. The second-order valence-corrected chi connectivity index (χ2v) is 2.42. The summed E-state index contributed by atoms with van der Waals surface area (Å²) in [4.78, 5) is 1.90. The highest BCUT2D eigenvalue weighted by molar-refractivity contribution is 4.98. The Morgan fingerprint density at radius 3 is 2.10 bits per heavy atom. The van der Waals surface area contributed by atoms with E-state index in [0.29, 0.717) is 6.42 Å². The minimum Gasteiger partial charge on any atom is -0.403 e. The maximum atomic E-state index is 5.36. The topological polar surface area (TPSA) is 81.3 Å². The molecule has 0 amide bonds. The van der Waals surface area contributed by atoms with Gasteiger partial charge in [0.05, 0.1) is 6.17 Å². The van der Waals surface area contributed by atoms with Crippen molar-refractivity contribution >= 4 is 0 Å². The van der Waals surface area contributed by atoms with Gasteiger partial charge in [-0.3, -0.25) is 0 Å². The zero-order valence-electron chi connectivity index (χ0n) is 6.54. The fourth-order valence-electron chi connectivity index (χ4n) is 0.641. The van der Waals surface area contributed by atoms with Gasteiger partial charge in [-0.25, -0.2) is 0 Å². The summed E-state index contributed by atoms with van der Waals surface area (Å²) in [6, 6.07) is 0. The van der Waals surface area contributed by atoms with Gasteiger partial charge in [-0.2, -0.15) is 0 Å². The van der Waals surface area contributed by atoms with Crippen LogP contribution in [0.15, 0.2) is 11.9 Å². The average Bonchev–Trinajstić information content (AvgIpc) is 1.81. The molecule has 0 unspecified atom stereocenters. The molecular weight excluding hydrogens is 128 g/mol. The molecule has 0 rings (SSSR count). The van der Waals surface area contributed by atoms with E-state index < -0.39 is 0 Å². The van der Waals surface area contributed by atoms with Gasteiger partial charge in [-0.15, -0.1) is 0 Å². The van der Waals surface area contributed by atoms with E-state index in [4.69, 9.17) is 17.2 Å². The largest absolute Gasteiger partial charge is 0.403 e. The highest BCUT2D eigenvalue weighted by Crippen LogP contribution is 2.01. The molecule has 60 valence electrons. The Morgan fingerprint density at radius 1 is 1.50 bits per heavy atom. The first kappa shape index (κ1) is 9.26. The van der Waals surface area contributed by atoms with Gasteiger partial charge in [0.15, 0.2) is 0 Å². The van der Waals surface area contributed by atoms with E-state index in [1.165, 1.54) is 6.20 Å². The molecule has 0 bridgehead atoms. The molecule has 0 radical (unpaired) electrons. The van der Waals surface area contributed by atoms with Crippen molar-refractivity contribution in [2.24, 2.45) is 17.2 Å². The molecule has 0 aliphatic carbocycles. The van der Waals surface area contributed by atoms with E-state index in [-0.39, 0.29) is 6.17 Å². The fourth-order valence-corrected chi connectivity index (χ4v) is 0.641. The van der Waals surface area contributed by atoms with Gasteiger partial charge in [0.2, 0.25) is 0 Å².